The normalized spacial score (nSPS) is 10.2. The summed E-state index contributed by atoms with van der Waals surface area (Å²) in [5.41, 5.74) is 2.57. The molecule has 1 amide bonds. The average Bonchev–Trinajstić information content (AvgIpc) is 2.62. The molecule has 0 bridgehead atoms. The third-order valence-corrected chi connectivity index (χ3v) is 3.57. The minimum Gasteiger partial charge on any atom is -0.322 e. The van der Waals surface area contributed by atoms with Crippen molar-refractivity contribution in [3.8, 4) is 11.1 Å². The first-order valence-electron chi connectivity index (χ1n) is 7.35. The molecule has 0 aromatic heterocycles. The summed E-state index contributed by atoms with van der Waals surface area (Å²) in [6.07, 6.45) is 0. The molecule has 0 saturated heterocycles. The lowest BCUT2D eigenvalue weighted by atomic mass is 9.99. The summed E-state index contributed by atoms with van der Waals surface area (Å²) in [6.45, 7) is 0. The summed E-state index contributed by atoms with van der Waals surface area (Å²) < 4.78 is 0. The minimum absolute atomic E-state index is 0.0656. The van der Waals surface area contributed by atoms with Gasteiger partial charge in [-0.25, -0.2) is 0 Å². The van der Waals surface area contributed by atoms with Gasteiger partial charge in [-0.05, 0) is 23.3 Å². The van der Waals surface area contributed by atoms with Crippen LogP contribution in [0.4, 0.5) is 11.4 Å². The Morgan fingerprint density at radius 1 is 0.875 bits per heavy atom. The number of amides is 1. The lowest BCUT2D eigenvalue weighted by Gasteiger charge is -2.10. The molecule has 0 spiro atoms. The van der Waals surface area contributed by atoms with Crippen molar-refractivity contribution in [2.45, 2.75) is 0 Å². The van der Waals surface area contributed by atoms with Crippen molar-refractivity contribution in [2.75, 3.05) is 5.32 Å². The fourth-order valence-corrected chi connectivity index (χ4v) is 2.45. The Hall–Kier alpha value is -3.47. The quantitative estimate of drug-likeness (QED) is 0.568. The predicted octanol–water partition coefficient (Wildman–Crippen LogP) is 4.51. The molecule has 118 valence electrons. The molecule has 5 heteroatoms. The first kappa shape index (κ1) is 15.4. The van der Waals surface area contributed by atoms with Gasteiger partial charge in [-0.15, -0.1) is 0 Å². The average molecular weight is 318 g/mol. The molecule has 0 fully saturated rings. The summed E-state index contributed by atoms with van der Waals surface area (Å²) in [7, 11) is 0. The van der Waals surface area contributed by atoms with Gasteiger partial charge in [-0.3, -0.25) is 14.9 Å². The maximum atomic E-state index is 12.6. The highest BCUT2D eigenvalue weighted by atomic mass is 16.6. The molecule has 5 nitrogen and oxygen atoms in total. The van der Waals surface area contributed by atoms with Crippen LogP contribution in [0.5, 0.6) is 0 Å². The van der Waals surface area contributed by atoms with Gasteiger partial charge < -0.3 is 5.32 Å². The fraction of sp³-hybridized carbons (Fsp3) is 0. The minimum atomic E-state index is -0.492. The van der Waals surface area contributed by atoms with Crippen molar-refractivity contribution in [3.05, 3.63) is 94.5 Å². The summed E-state index contributed by atoms with van der Waals surface area (Å²) >= 11 is 0. The smallest absolute Gasteiger partial charge is 0.271 e. The Bertz CT molecular complexity index is 892. The summed E-state index contributed by atoms with van der Waals surface area (Å²) in [6, 6.07) is 22.7. The van der Waals surface area contributed by atoms with Crippen LogP contribution in [0.3, 0.4) is 0 Å². The predicted molar refractivity (Wildman–Crippen MR) is 92.9 cm³/mol. The Kier molecular flexibility index (Phi) is 4.34. The lowest BCUT2D eigenvalue weighted by Crippen LogP contribution is -2.13. The van der Waals surface area contributed by atoms with E-state index in [2.05, 4.69) is 5.32 Å². The number of benzene rings is 3. The second-order valence-electron chi connectivity index (χ2n) is 5.17. The van der Waals surface area contributed by atoms with Crippen LogP contribution in [-0.2, 0) is 0 Å². The van der Waals surface area contributed by atoms with Crippen LogP contribution in [-0.4, -0.2) is 10.8 Å². The molecule has 1 N–H and O–H groups in total. The number of rotatable bonds is 4. The van der Waals surface area contributed by atoms with Gasteiger partial charge in [0.1, 0.15) is 0 Å². The van der Waals surface area contributed by atoms with Crippen LogP contribution >= 0.6 is 0 Å². The van der Waals surface area contributed by atoms with E-state index >= 15 is 0 Å². The maximum Gasteiger partial charge on any atom is 0.271 e. The van der Waals surface area contributed by atoms with E-state index in [1.54, 1.807) is 18.2 Å². The molecule has 3 rings (SSSR count). The Morgan fingerprint density at radius 3 is 2.33 bits per heavy atom. The molecule has 0 saturated carbocycles. The van der Waals surface area contributed by atoms with Gasteiger partial charge in [0.25, 0.3) is 11.6 Å². The van der Waals surface area contributed by atoms with Gasteiger partial charge in [0.2, 0.25) is 0 Å². The summed E-state index contributed by atoms with van der Waals surface area (Å²) in [5, 5.41) is 13.6. The van der Waals surface area contributed by atoms with Crippen LogP contribution in [0.1, 0.15) is 10.4 Å². The number of anilines is 1. The van der Waals surface area contributed by atoms with Crippen LogP contribution in [0, 0.1) is 10.1 Å². The topological polar surface area (TPSA) is 72.2 Å². The standard InChI is InChI=1S/C19H14N2O3/c22-19(20-15-9-6-10-16(13-15)21(23)24)18-12-5-4-11-17(18)14-7-2-1-3-8-14/h1-13H,(H,20,22). The number of carbonyl (C=O) groups is 1. The number of non-ortho nitro benzene ring substituents is 1. The van der Waals surface area contributed by atoms with E-state index in [0.29, 0.717) is 11.3 Å². The second kappa shape index (κ2) is 6.75. The number of nitro benzene ring substituents is 1. The highest BCUT2D eigenvalue weighted by Crippen LogP contribution is 2.25. The maximum absolute atomic E-state index is 12.6. The molecule has 0 unspecified atom stereocenters. The van der Waals surface area contributed by atoms with Gasteiger partial charge in [-0.2, -0.15) is 0 Å². The Morgan fingerprint density at radius 2 is 1.58 bits per heavy atom. The molecule has 24 heavy (non-hydrogen) atoms. The fourth-order valence-electron chi connectivity index (χ4n) is 2.45. The van der Waals surface area contributed by atoms with Gasteiger partial charge in [0, 0.05) is 23.4 Å². The van der Waals surface area contributed by atoms with Crippen molar-refractivity contribution in [1.29, 1.82) is 0 Å². The molecule has 3 aromatic carbocycles. The lowest BCUT2D eigenvalue weighted by molar-refractivity contribution is -0.384. The number of nitrogens with zero attached hydrogens (tertiary/aromatic N) is 1. The third-order valence-electron chi connectivity index (χ3n) is 3.57. The van der Waals surface area contributed by atoms with Crippen molar-refractivity contribution in [1.82, 2.24) is 0 Å². The first-order chi connectivity index (χ1) is 11.6. The van der Waals surface area contributed by atoms with Gasteiger partial charge in [0.15, 0.2) is 0 Å². The number of nitro groups is 1. The van der Waals surface area contributed by atoms with Crippen LogP contribution in [0.25, 0.3) is 11.1 Å². The molecule has 0 aliphatic carbocycles. The molecular formula is C19H14N2O3. The monoisotopic (exact) mass is 318 g/mol. The Balaban J connectivity index is 1.92. The zero-order valence-electron chi connectivity index (χ0n) is 12.7. The first-order valence-corrected chi connectivity index (χ1v) is 7.35. The van der Waals surface area contributed by atoms with E-state index in [0.717, 1.165) is 11.1 Å². The zero-order chi connectivity index (χ0) is 16.9. The highest BCUT2D eigenvalue weighted by molar-refractivity contribution is 6.08. The van der Waals surface area contributed by atoms with E-state index in [1.165, 1.54) is 18.2 Å². The van der Waals surface area contributed by atoms with E-state index in [4.69, 9.17) is 0 Å². The molecule has 0 aliphatic rings. The molecule has 0 radical (unpaired) electrons. The molecule has 3 aromatic rings. The van der Waals surface area contributed by atoms with Crippen LogP contribution in [0.15, 0.2) is 78.9 Å². The van der Waals surface area contributed by atoms with Crippen LogP contribution in [0.2, 0.25) is 0 Å². The molecule has 0 atom stereocenters. The number of nitrogens with one attached hydrogen (secondary N) is 1. The highest BCUT2D eigenvalue weighted by Gasteiger charge is 2.13. The number of carbonyl (C=O) groups excluding carboxylic acids is 1. The van der Waals surface area contributed by atoms with E-state index in [-0.39, 0.29) is 11.6 Å². The van der Waals surface area contributed by atoms with E-state index in [9.17, 15) is 14.9 Å². The molecule has 0 heterocycles. The van der Waals surface area contributed by atoms with Crippen molar-refractivity contribution in [3.63, 3.8) is 0 Å². The zero-order valence-corrected chi connectivity index (χ0v) is 12.7. The summed E-state index contributed by atoms with van der Waals surface area (Å²) in [4.78, 5) is 23.0. The molecule has 0 aliphatic heterocycles. The van der Waals surface area contributed by atoms with E-state index in [1.807, 2.05) is 42.5 Å². The van der Waals surface area contributed by atoms with Crippen molar-refractivity contribution >= 4 is 17.3 Å². The third kappa shape index (κ3) is 3.30. The number of hydrogen-bond acceptors (Lipinski definition) is 3. The number of hydrogen-bond donors (Lipinski definition) is 1. The Labute approximate surface area is 138 Å². The van der Waals surface area contributed by atoms with Gasteiger partial charge in [0.05, 0.1) is 4.92 Å². The van der Waals surface area contributed by atoms with Gasteiger partial charge in [-0.1, -0.05) is 54.6 Å². The van der Waals surface area contributed by atoms with E-state index < -0.39 is 4.92 Å². The van der Waals surface area contributed by atoms with Crippen LogP contribution < -0.4 is 5.32 Å². The molecular weight excluding hydrogens is 304 g/mol. The van der Waals surface area contributed by atoms with Crippen molar-refractivity contribution < 1.29 is 9.72 Å². The van der Waals surface area contributed by atoms with Crippen molar-refractivity contribution in [2.24, 2.45) is 0 Å². The second-order valence-corrected chi connectivity index (χ2v) is 5.17. The SMILES string of the molecule is O=C(Nc1cccc([N+](=O)[O-])c1)c1ccccc1-c1ccccc1. The summed E-state index contributed by atoms with van der Waals surface area (Å²) in [5.74, 6) is -0.310. The van der Waals surface area contributed by atoms with Gasteiger partial charge >= 0.3 is 0 Å². The largest absolute Gasteiger partial charge is 0.322 e.